The summed E-state index contributed by atoms with van der Waals surface area (Å²) in [5, 5.41) is 4.55. The van der Waals surface area contributed by atoms with E-state index in [-0.39, 0.29) is 55.5 Å². The molecule has 10 rings (SSSR count). The van der Waals surface area contributed by atoms with Crippen molar-refractivity contribution in [2.75, 3.05) is 26.3 Å². The Morgan fingerprint density at radius 1 is 0.806 bits per heavy atom. The van der Waals surface area contributed by atoms with Crippen molar-refractivity contribution in [1.82, 2.24) is 29.7 Å². The first-order chi connectivity index (χ1) is 30.3. The van der Waals surface area contributed by atoms with E-state index in [1.807, 2.05) is 36.8 Å². The molecule has 5 aromatic rings. The summed E-state index contributed by atoms with van der Waals surface area (Å²) in [5.41, 5.74) is 5.93. The Bertz CT molecular complexity index is 2700. The van der Waals surface area contributed by atoms with Crippen molar-refractivity contribution >= 4 is 51.6 Å². The number of halogens is 1. The molecule has 1 N–H and O–H groups in total. The molecule has 0 bridgehead atoms. The Kier molecular flexibility index (Phi) is 10.9. The van der Waals surface area contributed by atoms with Crippen molar-refractivity contribution in [3.63, 3.8) is 0 Å². The quantitative estimate of drug-likeness (QED) is 0.111. The third-order valence-electron chi connectivity index (χ3n) is 12.1. The molecule has 0 radical (unpaired) electrons. The number of ether oxygens (including phenoxy) is 4. The van der Waals surface area contributed by atoms with Crippen LogP contribution in [0.25, 0.3) is 32.9 Å². The first-order valence-corrected chi connectivity index (χ1v) is 23.0. The molecule has 7 heterocycles. The van der Waals surface area contributed by atoms with Gasteiger partial charge < -0.3 is 4.57 Å². The number of amides is 4. The average Bonchev–Trinajstić information content (AvgIpc) is 3.54. The van der Waals surface area contributed by atoms with E-state index in [4.69, 9.17) is 18.9 Å². The van der Waals surface area contributed by atoms with Crippen LogP contribution in [-0.4, -0.2) is 105 Å². The summed E-state index contributed by atoms with van der Waals surface area (Å²) in [5.74, 6) is -0.524. The first kappa shape index (κ1) is 40.0. The zero-order valence-corrected chi connectivity index (χ0v) is 36.0. The van der Waals surface area contributed by atoms with Crippen LogP contribution in [0.3, 0.4) is 0 Å². The van der Waals surface area contributed by atoms with Crippen molar-refractivity contribution in [2.24, 2.45) is 10.3 Å². The summed E-state index contributed by atoms with van der Waals surface area (Å²) < 4.78 is 33.6. The Balaban J connectivity index is 0.653. The molecular formula is C46H43IN7O8-. The Labute approximate surface area is 367 Å². The number of imide groups is 2. The van der Waals surface area contributed by atoms with E-state index in [0.717, 1.165) is 76.9 Å². The van der Waals surface area contributed by atoms with Gasteiger partial charge in [-0.1, -0.05) is 12.1 Å². The van der Waals surface area contributed by atoms with Crippen molar-refractivity contribution < 1.29 is 59.6 Å². The summed E-state index contributed by atoms with van der Waals surface area (Å²) in [6.07, 6.45) is 13.6. The normalized spacial score (nSPS) is 21.8. The number of carbonyl (C=O) groups is 4. The number of rotatable bonds is 12. The standard InChI is InChI=1S/C46H43IN7O8/c1-52-39-10-13-48-26-38(39)35-5-2-27(18-41(35)52)28-3-9-43(49-24-28)62-33-20-32(21-33)61-30-11-14-53(15-12-30)29-19-34(25-50-47-23-29)60-17-16-59-31-4-6-36-37(22-31)46(58)54(45(36)57)40-7-8-42(55)51-44(40)56/h2-6,9-10,13,18-19,22-26,30,32-33,40H,7-8,11-12,14-17,20-21H2,1H3,(H,51,55,56)/q-1. The zero-order chi connectivity index (χ0) is 42.3. The predicted octanol–water partition coefficient (Wildman–Crippen LogP) is 2.49. The van der Waals surface area contributed by atoms with Gasteiger partial charge in [0.15, 0.2) is 0 Å². The number of piperidine rings is 2. The molecule has 3 aromatic heterocycles. The van der Waals surface area contributed by atoms with Gasteiger partial charge in [0.05, 0.1) is 5.52 Å². The Hall–Kier alpha value is -6.14. The van der Waals surface area contributed by atoms with Gasteiger partial charge in [-0.3, -0.25) is 24.7 Å². The fourth-order valence-electron chi connectivity index (χ4n) is 8.74. The van der Waals surface area contributed by atoms with Gasteiger partial charge in [0.1, 0.15) is 6.04 Å². The van der Waals surface area contributed by atoms with Crippen molar-refractivity contribution in [1.29, 1.82) is 0 Å². The number of carbonyl (C=O) groups excluding carboxylic acids is 4. The second-order valence-corrected chi connectivity index (χ2v) is 17.7. The summed E-state index contributed by atoms with van der Waals surface area (Å²) in [4.78, 5) is 62.4. The molecule has 4 aliphatic heterocycles. The van der Waals surface area contributed by atoms with E-state index >= 15 is 0 Å². The molecule has 16 heteroatoms. The first-order valence-electron chi connectivity index (χ1n) is 20.8. The van der Waals surface area contributed by atoms with Crippen LogP contribution in [-0.2, 0) is 26.1 Å². The maximum Gasteiger partial charge on any atom is 0.0495 e. The number of allylic oxidation sites excluding steroid dienone is 2. The number of nitrogens with zero attached hydrogens (tertiary/aromatic N) is 6. The maximum absolute atomic E-state index is 13.2. The summed E-state index contributed by atoms with van der Waals surface area (Å²) >= 11 is -0.517. The van der Waals surface area contributed by atoms with E-state index in [0.29, 0.717) is 17.4 Å². The zero-order valence-electron chi connectivity index (χ0n) is 33.9. The van der Waals surface area contributed by atoms with E-state index in [1.165, 1.54) is 17.5 Å². The van der Waals surface area contributed by atoms with Gasteiger partial charge in [0, 0.05) is 60.0 Å². The molecule has 318 valence electrons. The van der Waals surface area contributed by atoms with E-state index in [9.17, 15) is 19.2 Å². The molecule has 2 saturated heterocycles. The van der Waals surface area contributed by atoms with Crippen LogP contribution in [0.1, 0.15) is 59.2 Å². The largest absolute Gasteiger partial charge is 0.221 e. The average molecular weight is 949 g/mol. The number of hydrogen-bond donors (Lipinski definition) is 1. The van der Waals surface area contributed by atoms with Crippen LogP contribution < -0.4 is 36.3 Å². The van der Waals surface area contributed by atoms with E-state index in [1.54, 1.807) is 12.3 Å². The molecule has 15 nitrogen and oxygen atoms in total. The van der Waals surface area contributed by atoms with E-state index in [2.05, 4.69) is 63.4 Å². The molecule has 1 unspecified atom stereocenters. The minimum absolute atomic E-state index is 0.0617. The van der Waals surface area contributed by atoms with Crippen molar-refractivity contribution in [3.05, 3.63) is 106 Å². The Morgan fingerprint density at radius 2 is 1.63 bits per heavy atom. The van der Waals surface area contributed by atoms with Gasteiger partial charge >= 0.3 is 209 Å². The summed E-state index contributed by atoms with van der Waals surface area (Å²) in [6.45, 7) is 2.18. The van der Waals surface area contributed by atoms with Crippen LogP contribution in [0.2, 0.25) is 0 Å². The molecule has 3 fully saturated rings. The number of fused-ring (bicyclic) bond motifs is 4. The topological polar surface area (TPSA) is 167 Å². The smallest absolute Gasteiger partial charge is 0.0495 e. The molecule has 0 spiro atoms. The molecule has 1 atom stereocenters. The number of aromatic nitrogens is 3. The van der Waals surface area contributed by atoms with Crippen LogP contribution in [0, 0.1) is 0 Å². The number of pyridine rings is 2. The van der Waals surface area contributed by atoms with Gasteiger partial charge in [-0.05, 0) is 30.2 Å². The second-order valence-electron chi connectivity index (χ2n) is 16.0. The number of benzene rings is 2. The van der Waals surface area contributed by atoms with Gasteiger partial charge in [-0.2, -0.15) is 0 Å². The van der Waals surface area contributed by atoms with Gasteiger partial charge in [0.2, 0.25) is 11.8 Å². The number of nitrogens with one attached hydrogen (secondary N) is 1. The number of likely N-dealkylation sites (tertiary alicyclic amines) is 1. The molecule has 62 heavy (non-hydrogen) atoms. The van der Waals surface area contributed by atoms with Crippen molar-refractivity contribution in [3.8, 4) is 22.8 Å². The minimum atomic E-state index is -1.02. The molecule has 1 saturated carbocycles. The van der Waals surface area contributed by atoms with Crippen LogP contribution in [0.15, 0.2) is 98.0 Å². The number of aryl methyl sites for hydroxylation is 1. The Morgan fingerprint density at radius 3 is 2.45 bits per heavy atom. The fourth-order valence-corrected chi connectivity index (χ4v) is 10.2. The molecule has 5 aliphatic rings. The molecule has 2 aromatic carbocycles. The molecule has 1 aliphatic carbocycles. The third kappa shape index (κ3) is 7.92. The van der Waals surface area contributed by atoms with Gasteiger partial charge in [-0.15, -0.1) is 0 Å². The van der Waals surface area contributed by atoms with Crippen LogP contribution in [0.4, 0.5) is 0 Å². The van der Waals surface area contributed by atoms with Crippen LogP contribution in [0.5, 0.6) is 11.6 Å². The van der Waals surface area contributed by atoms with Crippen molar-refractivity contribution in [2.45, 2.75) is 62.9 Å². The SMILES string of the molecule is Cn1c2ccncc2c2ccc(-c3ccc(OC4CC(OC5CCN(C6=C[I-]N=CC(OCCOc7ccc8c(c7)C(=O)N(C7CCC(=O)NC7=O)C8=O)=C6)CC5)C4)nc3)cc21. The summed E-state index contributed by atoms with van der Waals surface area (Å²) in [7, 11) is 2.09. The molecular weight excluding hydrogens is 905 g/mol. The monoisotopic (exact) mass is 948 g/mol. The molecule has 4 amide bonds. The maximum atomic E-state index is 13.2. The van der Waals surface area contributed by atoms with Crippen LogP contribution >= 0.6 is 0 Å². The summed E-state index contributed by atoms with van der Waals surface area (Å²) in [6, 6.07) is 16.2. The van der Waals surface area contributed by atoms with Gasteiger partial charge in [-0.25, -0.2) is 4.98 Å². The fraction of sp³-hybridized carbons (Fsp3) is 0.326. The van der Waals surface area contributed by atoms with E-state index < -0.39 is 51.1 Å². The van der Waals surface area contributed by atoms with Gasteiger partial charge in [0.25, 0.3) is 0 Å². The third-order valence-corrected chi connectivity index (χ3v) is 13.6. The number of hydrogen-bond acceptors (Lipinski definition) is 12. The minimum Gasteiger partial charge on any atom is -0.221 e. The second kappa shape index (κ2) is 17.0. The predicted molar refractivity (Wildman–Crippen MR) is 224 cm³/mol.